The Bertz CT molecular complexity index is 248. The molecular formula is C6H14N2O3S. The van der Waals surface area contributed by atoms with Crippen molar-refractivity contribution in [3.8, 4) is 0 Å². The third-order valence-corrected chi connectivity index (χ3v) is 1.87. The zero-order valence-electron chi connectivity index (χ0n) is 7.20. The van der Waals surface area contributed by atoms with Gasteiger partial charge in [-0.1, -0.05) is 6.92 Å². The van der Waals surface area contributed by atoms with E-state index in [-0.39, 0.29) is 12.5 Å². The maximum absolute atomic E-state index is 10.9. The number of nitrogens with one attached hydrogen (secondary N) is 1. The Morgan fingerprint density at radius 3 is 2.42 bits per heavy atom. The molecule has 0 heterocycles. The largest absolute Gasteiger partial charge is 0.327 e. The number of rotatable bonds is 4. The van der Waals surface area contributed by atoms with Gasteiger partial charge >= 0.3 is 0 Å². The van der Waals surface area contributed by atoms with Crippen molar-refractivity contribution in [3.05, 3.63) is 0 Å². The minimum absolute atomic E-state index is 0.0452. The lowest BCUT2D eigenvalue weighted by atomic mass is 10.2. The molecule has 72 valence electrons. The Balaban J connectivity index is 3.92. The quantitative estimate of drug-likeness (QED) is 0.612. The average Bonchev–Trinajstić information content (AvgIpc) is 1.82. The van der Waals surface area contributed by atoms with Gasteiger partial charge in [-0.15, -0.1) is 0 Å². The summed E-state index contributed by atoms with van der Waals surface area (Å²) in [5, 5.41) is 0. The summed E-state index contributed by atoms with van der Waals surface area (Å²) < 4.78 is 22.9. The van der Waals surface area contributed by atoms with E-state index in [1.165, 1.54) is 0 Å². The zero-order valence-corrected chi connectivity index (χ0v) is 8.02. The van der Waals surface area contributed by atoms with E-state index in [9.17, 15) is 13.2 Å². The van der Waals surface area contributed by atoms with Crippen LogP contribution in [0.25, 0.3) is 0 Å². The van der Waals surface area contributed by atoms with Crippen molar-refractivity contribution in [2.75, 3.05) is 6.26 Å². The van der Waals surface area contributed by atoms with E-state index in [4.69, 9.17) is 5.73 Å². The molecule has 0 bridgehead atoms. The van der Waals surface area contributed by atoms with E-state index < -0.39 is 15.9 Å². The Hall–Kier alpha value is -0.620. The highest BCUT2D eigenvalue weighted by atomic mass is 32.2. The number of amides is 1. The summed E-state index contributed by atoms with van der Waals surface area (Å²) in [6.07, 6.45) is 1.63. The lowest BCUT2D eigenvalue weighted by Gasteiger charge is -2.07. The van der Waals surface area contributed by atoms with Crippen LogP contribution in [0.1, 0.15) is 19.8 Å². The summed E-state index contributed by atoms with van der Waals surface area (Å²) in [5.41, 5.74) is 5.44. The van der Waals surface area contributed by atoms with Crippen molar-refractivity contribution < 1.29 is 13.2 Å². The van der Waals surface area contributed by atoms with E-state index in [0.29, 0.717) is 6.42 Å². The highest BCUT2D eigenvalue weighted by Crippen LogP contribution is 1.93. The summed E-state index contributed by atoms with van der Waals surface area (Å²) in [5.74, 6) is -0.549. The van der Waals surface area contributed by atoms with Crippen molar-refractivity contribution in [1.29, 1.82) is 0 Å². The SMILES string of the molecule is CCC(N)CC(=O)NS(C)(=O)=O. The molecule has 1 atom stereocenters. The molecule has 0 saturated heterocycles. The van der Waals surface area contributed by atoms with Crippen LogP contribution in [0.5, 0.6) is 0 Å². The number of nitrogens with two attached hydrogens (primary N) is 1. The predicted octanol–water partition coefficient (Wildman–Crippen LogP) is -0.810. The Labute approximate surface area is 72.4 Å². The summed E-state index contributed by atoms with van der Waals surface area (Å²) in [6.45, 7) is 1.83. The molecule has 1 unspecified atom stereocenters. The van der Waals surface area contributed by atoms with E-state index in [0.717, 1.165) is 6.26 Å². The van der Waals surface area contributed by atoms with Crippen molar-refractivity contribution in [3.63, 3.8) is 0 Å². The molecule has 0 aliphatic heterocycles. The van der Waals surface area contributed by atoms with Gasteiger partial charge in [0.2, 0.25) is 15.9 Å². The molecule has 0 aromatic heterocycles. The Morgan fingerprint density at radius 1 is 1.58 bits per heavy atom. The molecular weight excluding hydrogens is 180 g/mol. The summed E-state index contributed by atoms with van der Waals surface area (Å²) in [7, 11) is -3.43. The second kappa shape index (κ2) is 4.42. The fraction of sp³-hybridized carbons (Fsp3) is 0.833. The van der Waals surface area contributed by atoms with Gasteiger partial charge in [-0.3, -0.25) is 9.52 Å². The first-order chi connectivity index (χ1) is 5.35. The fourth-order valence-electron chi connectivity index (χ4n) is 0.631. The minimum Gasteiger partial charge on any atom is -0.327 e. The number of hydrogen-bond acceptors (Lipinski definition) is 4. The monoisotopic (exact) mass is 194 g/mol. The van der Waals surface area contributed by atoms with Gasteiger partial charge in [0.05, 0.1) is 6.26 Å². The molecule has 0 aliphatic rings. The van der Waals surface area contributed by atoms with Gasteiger partial charge in [0.1, 0.15) is 0 Å². The van der Waals surface area contributed by atoms with Gasteiger partial charge < -0.3 is 5.73 Å². The second-order valence-corrected chi connectivity index (χ2v) is 4.42. The van der Waals surface area contributed by atoms with Gasteiger partial charge in [-0.05, 0) is 6.42 Å². The lowest BCUT2D eigenvalue weighted by molar-refractivity contribution is -0.119. The van der Waals surface area contributed by atoms with Crippen LogP contribution in [-0.4, -0.2) is 26.6 Å². The van der Waals surface area contributed by atoms with Crippen LogP contribution in [0.3, 0.4) is 0 Å². The molecule has 0 saturated carbocycles. The average molecular weight is 194 g/mol. The van der Waals surface area contributed by atoms with Crippen LogP contribution in [0.4, 0.5) is 0 Å². The molecule has 0 aromatic carbocycles. The van der Waals surface area contributed by atoms with E-state index in [2.05, 4.69) is 0 Å². The minimum atomic E-state index is -3.43. The third-order valence-electron chi connectivity index (χ3n) is 1.27. The molecule has 0 rings (SSSR count). The maximum Gasteiger partial charge on any atom is 0.234 e. The van der Waals surface area contributed by atoms with E-state index >= 15 is 0 Å². The Morgan fingerprint density at radius 2 is 2.08 bits per heavy atom. The summed E-state index contributed by atoms with van der Waals surface area (Å²) >= 11 is 0. The molecule has 0 aliphatic carbocycles. The van der Waals surface area contributed by atoms with Gasteiger partial charge in [0, 0.05) is 12.5 Å². The lowest BCUT2D eigenvalue weighted by Crippen LogP contribution is -2.34. The first kappa shape index (κ1) is 11.4. The topological polar surface area (TPSA) is 89.3 Å². The number of sulfonamides is 1. The molecule has 0 radical (unpaired) electrons. The number of hydrogen-bond donors (Lipinski definition) is 2. The first-order valence-electron chi connectivity index (χ1n) is 3.61. The molecule has 5 nitrogen and oxygen atoms in total. The molecule has 1 amide bonds. The molecule has 0 spiro atoms. The Kier molecular flexibility index (Phi) is 4.19. The van der Waals surface area contributed by atoms with Crippen molar-refractivity contribution in [2.24, 2.45) is 5.73 Å². The molecule has 0 aromatic rings. The van der Waals surface area contributed by atoms with Crippen LogP contribution in [0.2, 0.25) is 0 Å². The fourth-order valence-corrected chi connectivity index (χ4v) is 1.13. The van der Waals surface area contributed by atoms with E-state index in [1.54, 1.807) is 0 Å². The summed E-state index contributed by atoms with van der Waals surface area (Å²) in [6, 6.07) is -0.272. The zero-order chi connectivity index (χ0) is 9.78. The normalized spacial score (nSPS) is 13.9. The van der Waals surface area contributed by atoms with Gasteiger partial charge in [0.25, 0.3) is 0 Å². The third kappa shape index (κ3) is 6.11. The van der Waals surface area contributed by atoms with Gasteiger partial charge in [-0.25, -0.2) is 8.42 Å². The molecule has 6 heteroatoms. The maximum atomic E-state index is 10.9. The van der Waals surface area contributed by atoms with Crippen LogP contribution in [0.15, 0.2) is 0 Å². The predicted molar refractivity (Wildman–Crippen MR) is 45.9 cm³/mol. The summed E-state index contributed by atoms with van der Waals surface area (Å²) in [4.78, 5) is 10.9. The smallest absolute Gasteiger partial charge is 0.234 e. The van der Waals surface area contributed by atoms with E-state index in [1.807, 2.05) is 11.6 Å². The second-order valence-electron chi connectivity index (χ2n) is 2.67. The van der Waals surface area contributed by atoms with Gasteiger partial charge in [-0.2, -0.15) is 0 Å². The standard InChI is InChI=1S/C6H14N2O3S/c1-3-5(7)4-6(9)8-12(2,10)11/h5H,3-4,7H2,1-2H3,(H,8,9). The number of carbonyl (C=O) groups is 1. The van der Waals surface area contributed by atoms with Crippen LogP contribution in [0, 0.1) is 0 Å². The first-order valence-corrected chi connectivity index (χ1v) is 5.50. The van der Waals surface area contributed by atoms with Crippen LogP contribution >= 0.6 is 0 Å². The van der Waals surface area contributed by atoms with Crippen molar-refractivity contribution in [2.45, 2.75) is 25.8 Å². The number of carbonyl (C=O) groups excluding carboxylic acids is 1. The van der Waals surface area contributed by atoms with Crippen LogP contribution < -0.4 is 10.5 Å². The van der Waals surface area contributed by atoms with Crippen molar-refractivity contribution in [1.82, 2.24) is 4.72 Å². The molecule has 12 heavy (non-hydrogen) atoms. The van der Waals surface area contributed by atoms with Crippen LogP contribution in [-0.2, 0) is 14.8 Å². The molecule has 0 fully saturated rings. The van der Waals surface area contributed by atoms with Crippen molar-refractivity contribution >= 4 is 15.9 Å². The molecule has 3 N–H and O–H groups in total. The highest BCUT2D eigenvalue weighted by molar-refractivity contribution is 7.89. The van der Waals surface area contributed by atoms with Gasteiger partial charge in [0.15, 0.2) is 0 Å². The highest BCUT2D eigenvalue weighted by Gasteiger charge is 2.11.